The Morgan fingerprint density at radius 2 is 1.94 bits per heavy atom. The molecule has 0 bridgehead atoms. The number of benzene rings is 1. The first-order chi connectivity index (χ1) is 8.65. The predicted molar refractivity (Wildman–Crippen MR) is 66.6 cm³/mol. The van der Waals surface area contributed by atoms with Crippen molar-refractivity contribution in [1.82, 2.24) is 10.1 Å². The Kier molecular flexibility index (Phi) is 3.36. The summed E-state index contributed by atoms with van der Waals surface area (Å²) in [5, 5.41) is 22.9. The van der Waals surface area contributed by atoms with E-state index >= 15 is 0 Å². The van der Waals surface area contributed by atoms with Crippen molar-refractivity contribution in [3.8, 4) is 23.0 Å². The first-order valence-corrected chi connectivity index (χ1v) is 5.76. The molecule has 2 N–H and O–H groups in total. The van der Waals surface area contributed by atoms with Crippen molar-refractivity contribution < 1.29 is 14.7 Å². The standard InChI is InChI=1S/C12H15N3O3/c1-3-15(4-2)12-13-11(18-14-12)9-7-8(16)5-6-10(9)17/h5-7,16-17H,3-4H2,1-2H3. The highest BCUT2D eigenvalue weighted by Gasteiger charge is 2.16. The molecule has 1 aromatic carbocycles. The van der Waals surface area contributed by atoms with Gasteiger partial charge in [0, 0.05) is 13.1 Å². The van der Waals surface area contributed by atoms with Gasteiger partial charge in [-0.1, -0.05) is 0 Å². The van der Waals surface area contributed by atoms with Crippen LogP contribution in [0.25, 0.3) is 11.5 Å². The summed E-state index contributed by atoms with van der Waals surface area (Å²) < 4.78 is 5.10. The van der Waals surface area contributed by atoms with E-state index in [1.165, 1.54) is 18.2 Å². The van der Waals surface area contributed by atoms with E-state index in [0.29, 0.717) is 11.5 Å². The van der Waals surface area contributed by atoms with Gasteiger partial charge in [-0.25, -0.2) is 0 Å². The summed E-state index contributed by atoms with van der Waals surface area (Å²) in [6.07, 6.45) is 0. The Labute approximate surface area is 104 Å². The molecule has 0 atom stereocenters. The maximum Gasteiger partial charge on any atom is 0.266 e. The van der Waals surface area contributed by atoms with Crippen molar-refractivity contribution in [3.05, 3.63) is 18.2 Å². The summed E-state index contributed by atoms with van der Waals surface area (Å²) in [6, 6.07) is 4.15. The minimum absolute atomic E-state index is 0.0115. The van der Waals surface area contributed by atoms with Crippen molar-refractivity contribution in [1.29, 1.82) is 0 Å². The average Bonchev–Trinajstić information content (AvgIpc) is 2.83. The largest absolute Gasteiger partial charge is 0.508 e. The molecule has 0 saturated heterocycles. The third-order valence-corrected chi connectivity index (χ3v) is 2.67. The van der Waals surface area contributed by atoms with Crippen molar-refractivity contribution in [3.63, 3.8) is 0 Å². The Bertz CT molecular complexity index is 535. The molecule has 0 unspecified atom stereocenters. The molecule has 0 aliphatic carbocycles. The lowest BCUT2D eigenvalue weighted by Crippen LogP contribution is -2.22. The smallest absolute Gasteiger partial charge is 0.266 e. The van der Waals surface area contributed by atoms with Crippen molar-refractivity contribution >= 4 is 5.95 Å². The van der Waals surface area contributed by atoms with E-state index in [1.807, 2.05) is 18.7 Å². The number of hydrogen-bond donors (Lipinski definition) is 2. The molecule has 0 fully saturated rings. The molecular formula is C12H15N3O3. The molecule has 96 valence electrons. The minimum Gasteiger partial charge on any atom is -0.508 e. The third kappa shape index (κ3) is 2.22. The molecule has 0 aliphatic heterocycles. The Hall–Kier alpha value is -2.24. The number of nitrogens with zero attached hydrogens (tertiary/aromatic N) is 3. The zero-order chi connectivity index (χ0) is 13.1. The lowest BCUT2D eigenvalue weighted by Gasteiger charge is -2.14. The zero-order valence-corrected chi connectivity index (χ0v) is 10.3. The summed E-state index contributed by atoms with van der Waals surface area (Å²) in [7, 11) is 0. The predicted octanol–water partition coefficient (Wildman–Crippen LogP) is 1.99. The van der Waals surface area contributed by atoms with E-state index in [0.717, 1.165) is 13.1 Å². The van der Waals surface area contributed by atoms with E-state index in [9.17, 15) is 10.2 Å². The average molecular weight is 249 g/mol. The van der Waals surface area contributed by atoms with Crippen LogP contribution >= 0.6 is 0 Å². The zero-order valence-electron chi connectivity index (χ0n) is 10.3. The number of anilines is 1. The van der Waals surface area contributed by atoms with Gasteiger partial charge >= 0.3 is 0 Å². The van der Waals surface area contributed by atoms with Gasteiger partial charge in [0.25, 0.3) is 11.8 Å². The first-order valence-electron chi connectivity index (χ1n) is 5.76. The van der Waals surface area contributed by atoms with Crippen molar-refractivity contribution in [2.75, 3.05) is 18.0 Å². The van der Waals surface area contributed by atoms with Crippen LogP contribution < -0.4 is 4.90 Å². The number of phenolic OH excluding ortho intramolecular Hbond substituents is 2. The summed E-state index contributed by atoms with van der Waals surface area (Å²) in [5.74, 6) is 0.677. The van der Waals surface area contributed by atoms with Crippen LogP contribution in [0.3, 0.4) is 0 Å². The summed E-state index contributed by atoms with van der Waals surface area (Å²) >= 11 is 0. The summed E-state index contributed by atoms with van der Waals surface area (Å²) in [5.41, 5.74) is 0.320. The fourth-order valence-corrected chi connectivity index (χ4v) is 1.66. The van der Waals surface area contributed by atoms with Gasteiger partial charge in [0.15, 0.2) is 0 Å². The van der Waals surface area contributed by atoms with Gasteiger partial charge in [0.2, 0.25) is 0 Å². The first kappa shape index (κ1) is 12.2. The lowest BCUT2D eigenvalue weighted by molar-refractivity contribution is 0.421. The van der Waals surface area contributed by atoms with Gasteiger partial charge in [0.1, 0.15) is 11.5 Å². The topological polar surface area (TPSA) is 82.6 Å². The van der Waals surface area contributed by atoms with Crippen LogP contribution in [0.15, 0.2) is 22.7 Å². The molecule has 2 rings (SSSR count). The van der Waals surface area contributed by atoms with Crippen LogP contribution in [0.4, 0.5) is 5.95 Å². The number of aromatic nitrogens is 2. The van der Waals surface area contributed by atoms with Crippen LogP contribution in [0, 0.1) is 0 Å². The van der Waals surface area contributed by atoms with E-state index in [4.69, 9.17) is 4.52 Å². The summed E-state index contributed by atoms with van der Waals surface area (Å²) in [4.78, 5) is 6.12. The van der Waals surface area contributed by atoms with Crippen molar-refractivity contribution in [2.45, 2.75) is 13.8 Å². The van der Waals surface area contributed by atoms with E-state index in [-0.39, 0.29) is 17.4 Å². The molecule has 0 spiro atoms. The van der Waals surface area contributed by atoms with Crippen LogP contribution in [0.1, 0.15) is 13.8 Å². The van der Waals surface area contributed by atoms with E-state index < -0.39 is 0 Å². The highest BCUT2D eigenvalue weighted by molar-refractivity contribution is 5.65. The lowest BCUT2D eigenvalue weighted by atomic mass is 10.2. The van der Waals surface area contributed by atoms with Gasteiger partial charge in [-0.15, -0.1) is 0 Å². The Morgan fingerprint density at radius 1 is 1.22 bits per heavy atom. The second-order valence-corrected chi connectivity index (χ2v) is 3.77. The van der Waals surface area contributed by atoms with Crippen LogP contribution in [0.5, 0.6) is 11.5 Å². The SMILES string of the molecule is CCN(CC)c1noc(-c2cc(O)ccc2O)n1. The van der Waals surface area contributed by atoms with Crippen molar-refractivity contribution in [2.24, 2.45) is 0 Å². The highest BCUT2D eigenvalue weighted by atomic mass is 16.5. The monoisotopic (exact) mass is 249 g/mol. The van der Waals surface area contributed by atoms with E-state index in [2.05, 4.69) is 10.1 Å². The number of aromatic hydroxyl groups is 2. The number of rotatable bonds is 4. The molecule has 18 heavy (non-hydrogen) atoms. The number of phenols is 2. The molecule has 1 aromatic heterocycles. The Morgan fingerprint density at radius 3 is 2.61 bits per heavy atom. The van der Waals surface area contributed by atoms with E-state index in [1.54, 1.807) is 0 Å². The molecule has 0 radical (unpaired) electrons. The normalized spacial score (nSPS) is 10.6. The second-order valence-electron chi connectivity index (χ2n) is 3.77. The molecule has 0 saturated carbocycles. The molecule has 2 aromatic rings. The molecule has 0 aliphatic rings. The van der Waals surface area contributed by atoms with Crippen LogP contribution in [-0.2, 0) is 0 Å². The van der Waals surface area contributed by atoms with Gasteiger partial charge in [-0.3, -0.25) is 0 Å². The number of hydrogen-bond acceptors (Lipinski definition) is 6. The summed E-state index contributed by atoms with van der Waals surface area (Å²) in [6.45, 7) is 5.51. The fraction of sp³-hybridized carbons (Fsp3) is 0.333. The van der Waals surface area contributed by atoms with Gasteiger partial charge in [-0.05, 0) is 37.2 Å². The third-order valence-electron chi connectivity index (χ3n) is 2.67. The molecular weight excluding hydrogens is 234 g/mol. The minimum atomic E-state index is -0.0115. The van der Waals surface area contributed by atoms with Crippen LogP contribution in [-0.4, -0.2) is 33.4 Å². The molecule has 6 nitrogen and oxygen atoms in total. The maximum atomic E-state index is 9.70. The van der Waals surface area contributed by atoms with Gasteiger partial charge in [-0.2, -0.15) is 4.98 Å². The maximum absolute atomic E-state index is 9.70. The molecule has 6 heteroatoms. The van der Waals surface area contributed by atoms with Gasteiger partial charge < -0.3 is 19.6 Å². The molecule has 0 amide bonds. The molecule has 1 heterocycles. The highest BCUT2D eigenvalue weighted by Crippen LogP contribution is 2.31. The second kappa shape index (κ2) is 4.95. The van der Waals surface area contributed by atoms with Gasteiger partial charge in [0.05, 0.1) is 5.56 Å². The quantitative estimate of drug-likeness (QED) is 0.806. The fourth-order valence-electron chi connectivity index (χ4n) is 1.66. The Balaban J connectivity index is 2.37. The van der Waals surface area contributed by atoms with Crippen LogP contribution in [0.2, 0.25) is 0 Å².